The smallest absolute Gasteiger partial charge is 0.423 e. The summed E-state index contributed by atoms with van der Waals surface area (Å²) in [6.45, 7) is 8.55. The number of aryl methyl sites for hydroxylation is 1. The van der Waals surface area contributed by atoms with Crippen LogP contribution in [-0.2, 0) is 4.65 Å². The Labute approximate surface area is 117 Å². The van der Waals surface area contributed by atoms with Crippen molar-refractivity contribution in [1.29, 1.82) is 0 Å². The van der Waals surface area contributed by atoms with Crippen LogP contribution in [0.15, 0.2) is 16.7 Å². The Morgan fingerprint density at radius 3 is 2.39 bits per heavy atom. The molecule has 0 radical (unpaired) electrons. The first kappa shape index (κ1) is 15.6. The fraction of sp³-hybridized carbons (Fsp3) is 0.583. The van der Waals surface area contributed by atoms with E-state index >= 15 is 0 Å². The van der Waals surface area contributed by atoms with Gasteiger partial charge in [0.2, 0.25) is 0 Å². The summed E-state index contributed by atoms with van der Waals surface area (Å²) in [6.07, 6.45) is 1.66. The van der Waals surface area contributed by atoms with Gasteiger partial charge in [-0.1, -0.05) is 0 Å². The first-order valence-corrected chi connectivity index (χ1v) is 6.54. The summed E-state index contributed by atoms with van der Waals surface area (Å²) in [5.41, 5.74) is -0.679. The molecule has 0 saturated heterocycles. The standard InChI is InChI=1S/C12H19BBrNO3/c1-8-10(6-9(14)7-15-8)13(17)18-12(4,5)11(2,3)16/h6-7,16-17H,1-5H3. The second-order valence-corrected chi connectivity index (χ2v) is 6.28. The summed E-state index contributed by atoms with van der Waals surface area (Å²) >= 11 is 3.31. The van der Waals surface area contributed by atoms with Crippen LogP contribution in [0.5, 0.6) is 0 Å². The number of aliphatic hydroxyl groups is 1. The molecule has 0 aromatic carbocycles. The normalized spacial score (nSPS) is 12.7. The fourth-order valence-electron chi connectivity index (χ4n) is 1.26. The Bertz CT molecular complexity index is 432. The van der Waals surface area contributed by atoms with Crippen LogP contribution in [0.2, 0.25) is 0 Å². The maximum atomic E-state index is 10.1. The second kappa shape index (κ2) is 5.29. The zero-order valence-corrected chi connectivity index (χ0v) is 12.9. The molecule has 1 aromatic heterocycles. The van der Waals surface area contributed by atoms with Crippen LogP contribution >= 0.6 is 15.9 Å². The summed E-state index contributed by atoms with van der Waals surface area (Å²) < 4.78 is 6.34. The molecule has 0 aliphatic rings. The van der Waals surface area contributed by atoms with E-state index in [4.69, 9.17) is 4.65 Å². The van der Waals surface area contributed by atoms with Gasteiger partial charge in [0, 0.05) is 21.8 Å². The molecule has 1 rings (SSSR count). The van der Waals surface area contributed by atoms with Gasteiger partial charge in [-0.25, -0.2) is 0 Å². The van der Waals surface area contributed by atoms with Gasteiger partial charge in [-0.15, -0.1) is 0 Å². The minimum atomic E-state index is -1.13. The van der Waals surface area contributed by atoms with Gasteiger partial charge in [0.05, 0.1) is 11.2 Å². The molecule has 0 bridgehead atoms. The number of hydrogen-bond donors (Lipinski definition) is 2. The van der Waals surface area contributed by atoms with E-state index in [9.17, 15) is 10.1 Å². The van der Waals surface area contributed by atoms with E-state index in [1.165, 1.54) is 0 Å². The first-order chi connectivity index (χ1) is 8.04. The molecule has 100 valence electrons. The van der Waals surface area contributed by atoms with Gasteiger partial charge < -0.3 is 14.8 Å². The fourth-order valence-corrected chi connectivity index (χ4v) is 1.61. The number of aromatic nitrogens is 1. The average Bonchev–Trinajstić information content (AvgIpc) is 2.19. The maximum Gasteiger partial charge on any atom is 0.493 e. The number of rotatable bonds is 4. The molecule has 0 aliphatic heterocycles. The predicted octanol–water partition coefficient (Wildman–Crippen LogP) is 1.41. The minimum absolute atomic E-state index is 0.585. The van der Waals surface area contributed by atoms with Crippen molar-refractivity contribution in [1.82, 2.24) is 4.98 Å². The number of nitrogens with zero attached hydrogens (tertiary/aromatic N) is 1. The van der Waals surface area contributed by atoms with Gasteiger partial charge in [0.1, 0.15) is 0 Å². The Hall–Kier alpha value is -0.425. The third-order valence-corrected chi connectivity index (χ3v) is 3.67. The van der Waals surface area contributed by atoms with Gasteiger partial charge in [-0.2, -0.15) is 0 Å². The third kappa shape index (κ3) is 3.54. The molecule has 0 unspecified atom stereocenters. The Morgan fingerprint density at radius 2 is 1.89 bits per heavy atom. The van der Waals surface area contributed by atoms with Crippen LogP contribution in [0, 0.1) is 6.92 Å². The highest BCUT2D eigenvalue weighted by Crippen LogP contribution is 2.25. The van der Waals surface area contributed by atoms with Gasteiger partial charge in [0.15, 0.2) is 0 Å². The van der Waals surface area contributed by atoms with Crippen molar-refractivity contribution < 1.29 is 14.8 Å². The average molecular weight is 316 g/mol. The quantitative estimate of drug-likeness (QED) is 0.825. The van der Waals surface area contributed by atoms with E-state index in [0.717, 1.165) is 4.47 Å². The molecule has 0 fully saturated rings. The molecule has 6 heteroatoms. The van der Waals surface area contributed by atoms with Gasteiger partial charge in [-0.05, 0) is 56.6 Å². The van der Waals surface area contributed by atoms with Gasteiger partial charge in [-0.3, -0.25) is 4.98 Å². The van der Waals surface area contributed by atoms with Crippen LogP contribution in [-0.4, -0.2) is 33.4 Å². The molecule has 1 aromatic rings. The van der Waals surface area contributed by atoms with Crippen LogP contribution in [0.1, 0.15) is 33.4 Å². The molecule has 18 heavy (non-hydrogen) atoms. The summed E-state index contributed by atoms with van der Waals surface area (Å²) in [7, 11) is -1.13. The van der Waals surface area contributed by atoms with Gasteiger partial charge in [0.25, 0.3) is 0 Å². The summed E-state index contributed by atoms with van der Waals surface area (Å²) in [5, 5.41) is 20.1. The molecule has 0 aliphatic carbocycles. The predicted molar refractivity (Wildman–Crippen MR) is 75.7 cm³/mol. The molecule has 4 nitrogen and oxygen atoms in total. The molecule has 0 spiro atoms. The van der Waals surface area contributed by atoms with E-state index in [2.05, 4.69) is 20.9 Å². The maximum absolute atomic E-state index is 10.1. The van der Waals surface area contributed by atoms with E-state index in [1.54, 1.807) is 46.9 Å². The Morgan fingerprint density at radius 1 is 1.33 bits per heavy atom. The second-order valence-electron chi connectivity index (χ2n) is 5.37. The highest BCUT2D eigenvalue weighted by atomic mass is 79.9. The lowest BCUT2D eigenvalue weighted by molar-refractivity contribution is -0.0982. The van der Waals surface area contributed by atoms with E-state index in [0.29, 0.717) is 11.2 Å². The lowest BCUT2D eigenvalue weighted by Crippen LogP contribution is -2.53. The summed E-state index contributed by atoms with van der Waals surface area (Å²) in [5.74, 6) is 0. The molecule has 1 heterocycles. The highest BCUT2D eigenvalue weighted by Gasteiger charge is 2.39. The SMILES string of the molecule is Cc1ncc(Br)cc1B(O)OC(C)(C)C(C)(C)O. The van der Waals surface area contributed by atoms with Crippen molar-refractivity contribution in [3.05, 3.63) is 22.4 Å². The molecule has 0 atom stereocenters. The van der Waals surface area contributed by atoms with Crippen molar-refractivity contribution >= 4 is 28.5 Å². The Balaban J connectivity index is 2.95. The molecular formula is C12H19BBrNO3. The van der Waals surface area contributed by atoms with Crippen molar-refractivity contribution in [3.63, 3.8) is 0 Å². The number of pyridine rings is 1. The first-order valence-electron chi connectivity index (χ1n) is 5.75. The number of halogens is 1. The zero-order chi connectivity index (χ0) is 14.1. The van der Waals surface area contributed by atoms with Crippen LogP contribution < -0.4 is 5.46 Å². The van der Waals surface area contributed by atoms with E-state index in [1.807, 2.05) is 0 Å². The Kier molecular flexibility index (Phi) is 4.59. The van der Waals surface area contributed by atoms with Crippen molar-refractivity contribution in [2.24, 2.45) is 0 Å². The molecule has 0 amide bonds. The third-order valence-electron chi connectivity index (χ3n) is 3.24. The summed E-state index contributed by atoms with van der Waals surface area (Å²) in [4.78, 5) is 4.14. The van der Waals surface area contributed by atoms with E-state index in [-0.39, 0.29) is 0 Å². The van der Waals surface area contributed by atoms with Crippen LogP contribution in [0.25, 0.3) is 0 Å². The molecule has 0 saturated carbocycles. The zero-order valence-electron chi connectivity index (χ0n) is 11.4. The summed E-state index contributed by atoms with van der Waals surface area (Å²) in [6, 6.07) is 1.76. The van der Waals surface area contributed by atoms with Crippen molar-refractivity contribution in [2.75, 3.05) is 0 Å². The molecular weight excluding hydrogens is 297 g/mol. The largest absolute Gasteiger partial charge is 0.493 e. The van der Waals surface area contributed by atoms with Crippen LogP contribution in [0.3, 0.4) is 0 Å². The topological polar surface area (TPSA) is 62.6 Å². The minimum Gasteiger partial charge on any atom is -0.423 e. The molecule has 2 N–H and O–H groups in total. The van der Waals surface area contributed by atoms with Crippen molar-refractivity contribution in [3.8, 4) is 0 Å². The van der Waals surface area contributed by atoms with E-state index < -0.39 is 18.3 Å². The highest BCUT2D eigenvalue weighted by molar-refractivity contribution is 9.10. The van der Waals surface area contributed by atoms with Crippen molar-refractivity contribution in [2.45, 2.75) is 45.8 Å². The lowest BCUT2D eigenvalue weighted by Gasteiger charge is -2.38. The number of hydrogen-bond acceptors (Lipinski definition) is 4. The monoisotopic (exact) mass is 315 g/mol. The lowest BCUT2D eigenvalue weighted by atomic mass is 9.76. The van der Waals surface area contributed by atoms with Gasteiger partial charge >= 0.3 is 7.12 Å². The van der Waals surface area contributed by atoms with Crippen LogP contribution in [0.4, 0.5) is 0 Å².